The van der Waals surface area contributed by atoms with E-state index in [1.54, 1.807) is 30.6 Å². The molecule has 1 heterocycles. The lowest BCUT2D eigenvalue weighted by Gasteiger charge is -2.17. The zero-order chi connectivity index (χ0) is 18.8. The fraction of sp³-hybridized carbons (Fsp3) is 0.450. The lowest BCUT2D eigenvalue weighted by atomic mass is 10.0. The molecular formula is C20H27NO4S. The van der Waals surface area contributed by atoms with Gasteiger partial charge < -0.3 is 19.9 Å². The summed E-state index contributed by atoms with van der Waals surface area (Å²) in [4.78, 5) is 13.8. The summed E-state index contributed by atoms with van der Waals surface area (Å²) in [5.74, 6) is 0.768. The Bertz CT molecular complexity index is 685. The van der Waals surface area contributed by atoms with Crippen LogP contribution in [-0.4, -0.2) is 31.3 Å². The fourth-order valence-corrected chi connectivity index (χ4v) is 3.38. The summed E-state index contributed by atoms with van der Waals surface area (Å²) >= 11 is 1.67. The molecule has 1 aromatic carbocycles. The number of carbonyl (C=O) groups is 1. The van der Waals surface area contributed by atoms with Gasteiger partial charge in [-0.1, -0.05) is 25.8 Å². The van der Waals surface area contributed by atoms with Crippen molar-refractivity contribution in [3.63, 3.8) is 0 Å². The Morgan fingerprint density at radius 1 is 1.27 bits per heavy atom. The van der Waals surface area contributed by atoms with Crippen molar-refractivity contribution in [2.45, 2.75) is 39.2 Å². The Labute approximate surface area is 159 Å². The van der Waals surface area contributed by atoms with E-state index >= 15 is 0 Å². The molecule has 6 heteroatoms. The standard InChI is InChI=1S/C20H27NO4S/c1-3-4-5-12-25-19-17(14-22)16(8-9-18(19)24-2)20(23)21-11-10-15-7-6-13-26-15/h6-9,13,22H,3-5,10-12,14H2,1-2H3,(H,21,23). The number of methoxy groups -OCH3 is 1. The van der Waals surface area contributed by atoms with Crippen molar-refractivity contribution in [1.29, 1.82) is 0 Å². The first-order valence-electron chi connectivity index (χ1n) is 8.95. The molecule has 0 saturated heterocycles. The largest absolute Gasteiger partial charge is 0.493 e. The Kier molecular flexibility index (Phi) is 8.44. The molecule has 0 bridgehead atoms. The number of hydrogen-bond acceptors (Lipinski definition) is 5. The zero-order valence-corrected chi connectivity index (χ0v) is 16.2. The summed E-state index contributed by atoms with van der Waals surface area (Å²) in [6, 6.07) is 7.43. The van der Waals surface area contributed by atoms with Crippen LogP contribution in [-0.2, 0) is 13.0 Å². The Hall–Kier alpha value is -2.05. The first-order valence-corrected chi connectivity index (χ1v) is 9.83. The van der Waals surface area contributed by atoms with Gasteiger partial charge in [0.2, 0.25) is 0 Å². The second kappa shape index (κ2) is 10.8. The third kappa shape index (κ3) is 5.47. The predicted octanol–water partition coefficient (Wildman–Crippen LogP) is 3.79. The molecule has 0 aliphatic rings. The number of ether oxygens (including phenoxy) is 2. The zero-order valence-electron chi connectivity index (χ0n) is 15.4. The molecule has 2 N–H and O–H groups in total. The Morgan fingerprint density at radius 3 is 2.77 bits per heavy atom. The highest BCUT2D eigenvalue weighted by Crippen LogP contribution is 2.34. The third-order valence-corrected chi connectivity index (χ3v) is 5.01. The van der Waals surface area contributed by atoms with Gasteiger partial charge in [-0.05, 0) is 36.4 Å². The topological polar surface area (TPSA) is 67.8 Å². The second-order valence-corrected chi connectivity index (χ2v) is 6.95. The molecule has 0 spiro atoms. The van der Waals surface area contributed by atoms with Crippen molar-refractivity contribution in [3.8, 4) is 11.5 Å². The van der Waals surface area contributed by atoms with Gasteiger partial charge in [0, 0.05) is 22.5 Å². The summed E-state index contributed by atoms with van der Waals surface area (Å²) in [6.45, 7) is 2.92. The van der Waals surface area contributed by atoms with Gasteiger partial charge in [0.05, 0.1) is 20.3 Å². The van der Waals surface area contributed by atoms with Gasteiger partial charge in [-0.2, -0.15) is 0 Å². The van der Waals surface area contributed by atoms with E-state index in [0.717, 1.165) is 25.7 Å². The Balaban J connectivity index is 2.09. The normalized spacial score (nSPS) is 10.6. The van der Waals surface area contributed by atoms with Gasteiger partial charge in [-0.3, -0.25) is 4.79 Å². The molecule has 5 nitrogen and oxygen atoms in total. The predicted molar refractivity (Wildman–Crippen MR) is 104 cm³/mol. The van der Waals surface area contributed by atoms with Gasteiger partial charge in [0.15, 0.2) is 11.5 Å². The highest BCUT2D eigenvalue weighted by molar-refractivity contribution is 7.09. The van der Waals surface area contributed by atoms with Gasteiger partial charge in [-0.15, -0.1) is 11.3 Å². The molecule has 0 radical (unpaired) electrons. The SMILES string of the molecule is CCCCCOc1c(OC)ccc(C(=O)NCCc2cccs2)c1CO. The van der Waals surface area contributed by atoms with Crippen molar-refractivity contribution >= 4 is 17.2 Å². The summed E-state index contributed by atoms with van der Waals surface area (Å²) in [6.07, 6.45) is 3.87. The summed E-state index contributed by atoms with van der Waals surface area (Å²) in [5.41, 5.74) is 0.888. The maximum atomic E-state index is 12.6. The molecule has 142 valence electrons. The van der Waals surface area contributed by atoms with Gasteiger partial charge in [0.1, 0.15) is 0 Å². The van der Waals surface area contributed by atoms with Crippen LogP contribution in [0.5, 0.6) is 11.5 Å². The van der Waals surface area contributed by atoms with Gasteiger partial charge >= 0.3 is 0 Å². The number of rotatable bonds is 11. The highest BCUT2D eigenvalue weighted by Gasteiger charge is 2.19. The van der Waals surface area contributed by atoms with Crippen molar-refractivity contribution in [3.05, 3.63) is 45.6 Å². The summed E-state index contributed by atoms with van der Waals surface area (Å²) in [7, 11) is 1.55. The first-order chi connectivity index (χ1) is 12.7. The monoisotopic (exact) mass is 377 g/mol. The van der Waals surface area contributed by atoms with E-state index in [2.05, 4.69) is 12.2 Å². The molecule has 2 aromatic rings. The number of amides is 1. The molecular weight excluding hydrogens is 350 g/mol. The smallest absolute Gasteiger partial charge is 0.251 e. The number of aliphatic hydroxyl groups is 1. The number of unbranched alkanes of at least 4 members (excludes halogenated alkanes) is 2. The summed E-state index contributed by atoms with van der Waals surface area (Å²) < 4.78 is 11.2. The number of carbonyl (C=O) groups excluding carboxylic acids is 1. The van der Waals surface area contributed by atoms with E-state index < -0.39 is 0 Å². The maximum absolute atomic E-state index is 12.6. The maximum Gasteiger partial charge on any atom is 0.251 e. The average Bonchev–Trinajstić information content (AvgIpc) is 3.17. The van der Waals surface area contributed by atoms with E-state index in [9.17, 15) is 9.90 Å². The average molecular weight is 378 g/mol. The van der Waals surface area contributed by atoms with Crippen LogP contribution in [0.2, 0.25) is 0 Å². The molecule has 1 aromatic heterocycles. The van der Waals surface area contributed by atoms with Crippen LogP contribution in [0.4, 0.5) is 0 Å². The third-order valence-electron chi connectivity index (χ3n) is 4.08. The van der Waals surface area contributed by atoms with Crippen molar-refractivity contribution in [2.75, 3.05) is 20.3 Å². The molecule has 1 amide bonds. The number of thiophene rings is 1. The molecule has 0 fully saturated rings. The van der Waals surface area contributed by atoms with E-state index in [1.165, 1.54) is 4.88 Å². The van der Waals surface area contributed by atoms with Gasteiger partial charge in [0.25, 0.3) is 5.91 Å². The van der Waals surface area contributed by atoms with Crippen LogP contribution in [0.15, 0.2) is 29.6 Å². The number of benzene rings is 1. The molecule has 26 heavy (non-hydrogen) atoms. The first kappa shape index (κ1) is 20.3. The molecule has 0 aliphatic heterocycles. The fourth-order valence-electron chi connectivity index (χ4n) is 2.67. The van der Waals surface area contributed by atoms with Crippen LogP contribution in [0.3, 0.4) is 0 Å². The van der Waals surface area contributed by atoms with Crippen LogP contribution < -0.4 is 14.8 Å². The van der Waals surface area contributed by atoms with Crippen molar-refractivity contribution < 1.29 is 19.4 Å². The van der Waals surface area contributed by atoms with Crippen LogP contribution >= 0.6 is 11.3 Å². The molecule has 0 saturated carbocycles. The quantitative estimate of drug-likeness (QED) is 0.585. The molecule has 0 aliphatic carbocycles. The molecule has 2 rings (SSSR count). The number of aliphatic hydroxyl groups excluding tert-OH is 1. The van der Waals surface area contributed by atoms with E-state index in [4.69, 9.17) is 9.47 Å². The van der Waals surface area contributed by atoms with E-state index in [-0.39, 0.29) is 12.5 Å². The van der Waals surface area contributed by atoms with E-state index in [1.807, 2.05) is 17.5 Å². The molecule has 0 unspecified atom stereocenters. The molecule has 0 atom stereocenters. The van der Waals surface area contributed by atoms with Crippen molar-refractivity contribution in [2.24, 2.45) is 0 Å². The minimum Gasteiger partial charge on any atom is -0.493 e. The number of hydrogen-bond donors (Lipinski definition) is 2. The van der Waals surface area contributed by atoms with E-state index in [0.29, 0.717) is 35.8 Å². The highest BCUT2D eigenvalue weighted by atomic mass is 32.1. The van der Waals surface area contributed by atoms with Crippen LogP contribution in [0, 0.1) is 0 Å². The Morgan fingerprint density at radius 2 is 2.12 bits per heavy atom. The van der Waals surface area contributed by atoms with Crippen LogP contribution in [0.25, 0.3) is 0 Å². The minimum atomic E-state index is -0.284. The van der Waals surface area contributed by atoms with Gasteiger partial charge in [-0.25, -0.2) is 0 Å². The summed E-state index contributed by atoms with van der Waals surface area (Å²) in [5, 5.41) is 14.8. The second-order valence-electron chi connectivity index (χ2n) is 5.92. The minimum absolute atomic E-state index is 0.216. The number of nitrogens with one attached hydrogen (secondary N) is 1. The van der Waals surface area contributed by atoms with Crippen molar-refractivity contribution in [1.82, 2.24) is 5.32 Å². The lowest BCUT2D eigenvalue weighted by Crippen LogP contribution is -2.27. The lowest BCUT2D eigenvalue weighted by molar-refractivity contribution is 0.0950. The van der Waals surface area contributed by atoms with Crippen LogP contribution in [0.1, 0.15) is 47.0 Å².